The molecule has 1 fully saturated rings. The van der Waals surface area contributed by atoms with E-state index in [2.05, 4.69) is 0 Å². The Hall–Kier alpha value is -0.930. The molecule has 0 atom stereocenters. The lowest BCUT2D eigenvalue weighted by Crippen LogP contribution is -2.36. The minimum absolute atomic E-state index is 0.0916. The SMILES string of the molecule is OCC(CO)(CC1CCCC1)c1ccc(F)cc1. The molecule has 0 radical (unpaired) electrons. The molecule has 0 amide bonds. The van der Waals surface area contributed by atoms with Crippen molar-refractivity contribution in [3.63, 3.8) is 0 Å². The van der Waals surface area contributed by atoms with E-state index in [-0.39, 0.29) is 19.0 Å². The van der Waals surface area contributed by atoms with E-state index in [0.29, 0.717) is 5.92 Å². The first-order valence-electron chi connectivity index (χ1n) is 6.68. The van der Waals surface area contributed by atoms with E-state index >= 15 is 0 Å². The van der Waals surface area contributed by atoms with Gasteiger partial charge in [0.2, 0.25) is 0 Å². The van der Waals surface area contributed by atoms with Crippen molar-refractivity contribution in [2.24, 2.45) is 5.92 Å². The second kappa shape index (κ2) is 5.81. The summed E-state index contributed by atoms with van der Waals surface area (Å²) in [6.45, 7) is -0.183. The number of aliphatic hydroxyl groups excluding tert-OH is 2. The van der Waals surface area contributed by atoms with Crippen LogP contribution in [0.2, 0.25) is 0 Å². The molecule has 1 aliphatic carbocycles. The van der Waals surface area contributed by atoms with Gasteiger partial charge in [-0.15, -0.1) is 0 Å². The van der Waals surface area contributed by atoms with Gasteiger partial charge in [-0.25, -0.2) is 4.39 Å². The first kappa shape index (κ1) is 13.5. The van der Waals surface area contributed by atoms with Gasteiger partial charge in [0, 0.05) is 5.41 Å². The number of hydrogen-bond acceptors (Lipinski definition) is 2. The summed E-state index contributed by atoms with van der Waals surface area (Å²) >= 11 is 0. The zero-order valence-corrected chi connectivity index (χ0v) is 10.6. The molecular weight excluding hydrogens is 231 g/mol. The summed E-state index contributed by atoms with van der Waals surface area (Å²) < 4.78 is 13.0. The van der Waals surface area contributed by atoms with Crippen LogP contribution in [0, 0.1) is 11.7 Å². The van der Waals surface area contributed by atoms with Crippen LogP contribution in [0.4, 0.5) is 4.39 Å². The lowest BCUT2D eigenvalue weighted by atomic mass is 9.74. The number of aliphatic hydroxyl groups is 2. The second-order valence-electron chi connectivity index (χ2n) is 5.46. The van der Waals surface area contributed by atoms with E-state index in [1.807, 2.05) is 0 Å². The molecule has 2 N–H and O–H groups in total. The lowest BCUT2D eigenvalue weighted by molar-refractivity contribution is 0.0954. The van der Waals surface area contributed by atoms with Gasteiger partial charge in [0.1, 0.15) is 5.82 Å². The molecule has 100 valence electrons. The quantitative estimate of drug-likeness (QED) is 0.845. The summed E-state index contributed by atoms with van der Waals surface area (Å²) in [4.78, 5) is 0. The van der Waals surface area contributed by atoms with Crippen LogP contribution in [0.5, 0.6) is 0 Å². The highest BCUT2D eigenvalue weighted by molar-refractivity contribution is 5.26. The molecule has 0 spiro atoms. The molecule has 0 aliphatic heterocycles. The maximum atomic E-state index is 13.0. The van der Waals surface area contributed by atoms with Crippen molar-refractivity contribution < 1.29 is 14.6 Å². The normalized spacial score (nSPS) is 17.3. The van der Waals surface area contributed by atoms with Gasteiger partial charge in [-0.1, -0.05) is 37.8 Å². The van der Waals surface area contributed by atoms with E-state index in [1.54, 1.807) is 12.1 Å². The third kappa shape index (κ3) is 2.73. The Bertz CT molecular complexity index is 365. The van der Waals surface area contributed by atoms with Gasteiger partial charge in [0.15, 0.2) is 0 Å². The van der Waals surface area contributed by atoms with Crippen LogP contribution in [0.1, 0.15) is 37.7 Å². The molecule has 0 saturated heterocycles. The Morgan fingerprint density at radius 1 is 1.06 bits per heavy atom. The Kier molecular flexibility index (Phi) is 4.36. The smallest absolute Gasteiger partial charge is 0.123 e. The van der Waals surface area contributed by atoms with E-state index in [1.165, 1.54) is 37.8 Å². The molecule has 2 nitrogen and oxygen atoms in total. The third-order valence-corrected chi connectivity index (χ3v) is 4.22. The Morgan fingerprint density at radius 3 is 2.11 bits per heavy atom. The molecule has 1 aromatic carbocycles. The Balaban J connectivity index is 2.21. The van der Waals surface area contributed by atoms with E-state index in [4.69, 9.17) is 0 Å². The standard InChI is InChI=1S/C15H21FO2/c16-14-7-5-13(6-8-14)15(10-17,11-18)9-12-3-1-2-4-12/h5-8,12,17-18H,1-4,9-11H2. The summed E-state index contributed by atoms with van der Waals surface area (Å²) in [5, 5.41) is 19.4. The van der Waals surface area contributed by atoms with E-state index in [9.17, 15) is 14.6 Å². The van der Waals surface area contributed by atoms with Crippen LogP contribution in [0.3, 0.4) is 0 Å². The number of hydrogen-bond donors (Lipinski definition) is 2. The summed E-state index contributed by atoms with van der Waals surface area (Å²) in [6.07, 6.45) is 5.60. The first-order chi connectivity index (χ1) is 8.70. The Labute approximate surface area is 107 Å². The van der Waals surface area contributed by atoms with Crippen molar-refractivity contribution in [1.29, 1.82) is 0 Å². The van der Waals surface area contributed by atoms with Crippen molar-refractivity contribution in [3.8, 4) is 0 Å². The zero-order valence-electron chi connectivity index (χ0n) is 10.6. The topological polar surface area (TPSA) is 40.5 Å². The second-order valence-corrected chi connectivity index (χ2v) is 5.46. The van der Waals surface area contributed by atoms with Crippen LogP contribution in [-0.2, 0) is 5.41 Å². The average molecular weight is 252 g/mol. The molecule has 1 aromatic rings. The van der Waals surface area contributed by atoms with Gasteiger partial charge in [0.05, 0.1) is 13.2 Å². The van der Waals surface area contributed by atoms with Gasteiger partial charge in [-0.2, -0.15) is 0 Å². The van der Waals surface area contributed by atoms with Gasteiger partial charge in [-0.05, 0) is 30.0 Å². The summed E-state index contributed by atoms with van der Waals surface area (Å²) in [6, 6.07) is 6.14. The zero-order chi connectivity index (χ0) is 13.0. The van der Waals surface area contributed by atoms with Crippen LogP contribution >= 0.6 is 0 Å². The van der Waals surface area contributed by atoms with Gasteiger partial charge in [-0.3, -0.25) is 0 Å². The minimum atomic E-state index is -0.622. The number of benzene rings is 1. The number of rotatable bonds is 5. The van der Waals surface area contributed by atoms with E-state index in [0.717, 1.165) is 12.0 Å². The predicted molar refractivity (Wildman–Crippen MR) is 68.8 cm³/mol. The fraction of sp³-hybridized carbons (Fsp3) is 0.600. The van der Waals surface area contributed by atoms with E-state index < -0.39 is 5.41 Å². The lowest BCUT2D eigenvalue weighted by Gasteiger charge is -2.33. The van der Waals surface area contributed by atoms with Crippen LogP contribution < -0.4 is 0 Å². The Morgan fingerprint density at radius 2 is 1.61 bits per heavy atom. The van der Waals surface area contributed by atoms with Crippen molar-refractivity contribution in [3.05, 3.63) is 35.6 Å². The fourth-order valence-electron chi connectivity index (χ4n) is 3.05. The van der Waals surface area contributed by atoms with Crippen LogP contribution in [0.15, 0.2) is 24.3 Å². The monoisotopic (exact) mass is 252 g/mol. The van der Waals surface area contributed by atoms with Crippen LogP contribution in [-0.4, -0.2) is 23.4 Å². The van der Waals surface area contributed by atoms with Crippen molar-refractivity contribution in [1.82, 2.24) is 0 Å². The van der Waals surface area contributed by atoms with Gasteiger partial charge in [0.25, 0.3) is 0 Å². The average Bonchev–Trinajstić information content (AvgIpc) is 2.90. The van der Waals surface area contributed by atoms with Gasteiger partial charge < -0.3 is 10.2 Å². The molecule has 0 unspecified atom stereocenters. The van der Waals surface area contributed by atoms with Crippen molar-refractivity contribution >= 4 is 0 Å². The molecule has 1 aliphatic rings. The highest BCUT2D eigenvalue weighted by Gasteiger charge is 2.34. The third-order valence-electron chi connectivity index (χ3n) is 4.22. The molecule has 18 heavy (non-hydrogen) atoms. The van der Waals surface area contributed by atoms with Crippen molar-refractivity contribution in [2.45, 2.75) is 37.5 Å². The predicted octanol–water partition coefficient (Wildman–Crippen LogP) is 2.63. The maximum Gasteiger partial charge on any atom is 0.123 e. The highest BCUT2D eigenvalue weighted by atomic mass is 19.1. The first-order valence-corrected chi connectivity index (χ1v) is 6.68. The molecule has 2 rings (SSSR count). The molecular formula is C15H21FO2. The molecule has 1 saturated carbocycles. The summed E-state index contributed by atoms with van der Waals surface area (Å²) in [5.74, 6) is 0.277. The summed E-state index contributed by atoms with van der Waals surface area (Å²) in [5.41, 5.74) is 0.212. The molecule has 0 heterocycles. The van der Waals surface area contributed by atoms with Crippen molar-refractivity contribution in [2.75, 3.05) is 13.2 Å². The minimum Gasteiger partial charge on any atom is -0.395 e. The highest BCUT2D eigenvalue weighted by Crippen LogP contribution is 2.37. The molecule has 0 aromatic heterocycles. The largest absolute Gasteiger partial charge is 0.395 e. The summed E-state index contributed by atoms with van der Waals surface area (Å²) in [7, 11) is 0. The van der Waals surface area contributed by atoms with Crippen LogP contribution in [0.25, 0.3) is 0 Å². The molecule has 0 bridgehead atoms. The fourth-order valence-corrected chi connectivity index (χ4v) is 3.05. The maximum absolute atomic E-state index is 13.0. The molecule has 3 heteroatoms. The van der Waals surface area contributed by atoms with Gasteiger partial charge >= 0.3 is 0 Å². The number of halogens is 1.